The average Bonchev–Trinajstić information content (AvgIpc) is 2.88. The standard InChI is InChI=1S/C15H25N5O/c1-12(2)15(21)19-7-8-20-14(11-19)9-13(17-20)10-18-5-3-16-4-6-18/h9,12,16H,3-8,10-11H2,1-2H3. The van der Waals surface area contributed by atoms with E-state index < -0.39 is 0 Å². The van der Waals surface area contributed by atoms with Crippen LogP contribution in [0.4, 0.5) is 0 Å². The molecule has 3 rings (SSSR count). The molecule has 6 nitrogen and oxygen atoms in total. The number of amides is 1. The summed E-state index contributed by atoms with van der Waals surface area (Å²) in [5, 5.41) is 8.07. The number of piperazine rings is 1. The number of aromatic nitrogens is 2. The molecule has 0 aromatic carbocycles. The Hall–Kier alpha value is -1.40. The Balaban J connectivity index is 1.65. The van der Waals surface area contributed by atoms with Crippen molar-refractivity contribution < 1.29 is 4.79 Å². The summed E-state index contributed by atoms with van der Waals surface area (Å²) in [6, 6.07) is 2.17. The molecule has 0 spiro atoms. The molecule has 1 fully saturated rings. The highest BCUT2D eigenvalue weighted by Gasteiger charge is 2.24. The van der Waals surface area contributed by atoms with Gasteiger partial charge in [0, 0.05) is 45.2 Å². The van der Waals surface area contributed by atoms with Gasteiger partial charge < -0.3 is 10.2 Å². The first-order valence-corrected chi connectivity index (χ1v) is 7.91. The van der Waals surface area contributed by atoms with Crippen molar-refractivity contribution in [2.24, 2.45) is 5.92 Å². The zero-order chi connectivity index (χ0) is 14.8. The van der Waals surface area contributed by atoms with Crippen molar-refractivity contribution >= 4 is 5.91 Å². The smallest absolute Gasteiger partial charge is 0.225 e. The molecule has 1 aromatic rings. The molecule has 2 aliphatic rings. The van der Waals surface area contributed by atoms with Crippen molar-refractivity contribution in [2.45, 2.75) is 33.5 Å². The fraction of sp³-hybridized carbons (Fsp3) is 0.733. The van der Waals surface area contributed by atoms with Crippen LogP contribution < -0.4 is 5.32 Å². The first kappa shape index (κ1) is 14.5. The second kappa shape index (κ2) is 6.15. The van der Waals surface area contributed by atoms with Crippen LogP contribution in [0.15, 0.2) is 6.07 Å². The molecule has 1 aromatic heterocycles. The number of hydrogen-bond acceptors (Lipinski definition) is 4. The van der Waals surface area contributed by atoms with E-state index in [1.54, 1.807) is 0 Å². The zero-order valence-electron chi connectivity index (χ0n) is 13.0. The number of carbonyl (C=O) groups is 1. The number of carbonyl (C=O) groups excluding carboxylic acids is 1. The van der Waals surface area contributed by atoms with Gasteiger partial charge in [0.2, 0.25) is 5.91 Å². The summed E-state index contributed by atoms with van der Waals surface area (Å²) in [7, 11) is 0. The van der Waals surface area contributed by atoms with Crippen LogP contribution >= 0.6 is 0 Å². The molecule has 0 radical (unpaired) electrons. The van der Waals surface area contributed by atoms with Crippen molar-refractivity contribution in [1.82, 2.24) is 24.9 Å². The average molecular weight is 291 g/mol. The topological polar surface area (TPSA) is 53.4 Å². The first-order chi connectivity index (χ1) is 10.1. The first-order valence-electron chi connectivity index (χ1n) is 7.91. The zero-order valence-corrected chi connectivity index (χ0v) is 13.0. The van der Waals surface area contributed by atoms with Crippen LogP contribution in [0.3, 0.4) is 0 Å². The Morgan fingerprint density at radius 3 is 2.76 bits per heavy atom. The second-order valence-electron chi connectivity index (χ2n) is 6.29. The lowest BCUT2D eigenvalue weighted by Crippen LogP contribution is -2.43. The highest BCUT2D eigenvalue weighted by atomic mass is 16.2. The molecule has 1 amide bonds. The lowest BCUT2D eigenvalue weighted by atomic mass is 10.1. The van der Waals surface area contributed by atoms with E-state index in [2.05, 4.69) is 21.0 Å². The minimum absolute atomic E-state index is 0.0693. The maximum absolute atomic E-state index is 12.1. The predicted octanol–water partition coefficient (Wildman–Crippen LogP) is 0.287. The fourth-order valence-electron chi connectivity index (χ4n) is 3.05. The van der Waals surface area contributed by atoms with E-state index in [0.29, 0.717) is 6.54 Å². The van der Waals surface area contributed by atoms with Crippen molar-refractivity contribution in [3.8, 4) is 0 Å². The maximum Gasteiger partial charge on any atom is 0.225 e. The molecule has 0 atom stereocenters. The molecule has 21 heavy (non-hydrogen) atoms. The summed E-state index contributed by atoms with van der Waals surface area (Å²) in [6.07, 6.45) is 0. The molecule has 2 aliphatic heterocycles. The summed E-state index contributed by atoms with van der Waals surface area (Å²) in [4.78, 5) is 16.5. The quantitative estimate of drug-likeness (QED) is 0.869. The van der Waals surface area contributed by atoms with Gasteiger partial charge >= 0.3 is 0 Å². The van der Waals surface area contributed by atoms with Crippen LogP contribution in [0.1, 0.15) is 25.2 Å². The molecule has 1 N–H and O–H groups in total. The largest absolute Gasteiger partial charge is 0.335 e. The summed E-state index contributed by atoms with van der Waals surface area (Å²) < 4.78 is 2.07. The lowest BCUT2D eigenvalue weighted by Gasteiger charge is -2.29. The number of fused-ring (bicyclic) bond motifs is 1. The minimum atomic E-state index is 0.0693. The molecule has 0 bridgehead atoms. The molecule has 3 heterocycles. The molecule has 1 saturated heterocycles. The van der Waals surface area contributed by atoms with E-state index in [1.807, 2.05) is 18.7 Å². The molecule has 0 saturated carbocycles. The van der Waals surface area contributed by atoms with Gasteiger partial charge in [-0.25, -0.2) is 0 Å². The van der Waals surface area contributed by atoms with Crippen molar-refractivity contribution in [3.63, 3.8) is 0 Å². The van der Waals surface area contributed by atoms with E-state index in [1.165, 1.54) is 5.69 Å². The number of nitrogens with one attached hydrogen (secondary N) is 1. The Morgan fingerprint density at radius 1 is 1.29 bits per heavy atom. The Bertz CT molecular complexity index is 504. The lowest BCUT2D eigenvalue weighted by molar-refractivity contribution is -0.136. The number of rotatable bonds is 3. The van der Waals surface area contributed by atoms with Crippen LogP contribution in [0.5, 0.6) is 0 Å². The summed E-state index contributed by atoms with van der Waals surface area (Å²) >= 11 is 0. The Kier molecular flexibility index (Phi) is 4.26. The van der Waals surface area contributed by atoms with Gasteiger partial charge in [0.25, 0.3) is 0 Å². The third-order valence-corrected chi connectivity index (χ3v) is 4.25. The summed E-state index contributed by atoms with van der Waals surface area (Å²) in [5.74, 6) is 0.311. The summed E-state index contributed by atoms with van der Waals surface area (Å²) in [5.41, 5.74) is 2.30. The minimum Gasteiger partial charge on any atom is -0.335 e. The Morgan fingerprint density at radius 2 is 2.05 bits per heavy atom. The van der Waals surface area contributed by atoms with Gasteiger partial charge in [-0.05, 0) is 6.07 Å². The molecular weight excluding hydrogens is 266 g/mol. The van der Waals surface area contributed by atoms with E-state index in [4.69, 9.17) is 5.10 Å². The van der Waals surface area contributed by atoms with Crippen LogP contribution in [0.25, 0.3) is 0 Å². The number of hydrogen-bond donors (Lipinski definition) is 1. The summed E-state index contributed by atoms with van der Waals surface area (Å²) in [6.45, 7) is 11.4. The SMILES string of the molecule is CC(C)C(=O)N1CCn2nc(CN3CCNCC3)cc2C1. The third kappa shape index (κ3) is 3.27. The fourth-order valence-corrected chi connectivity index (χ4v) is 3.05. The van der Waals surface area contributed by atoms with E-state index >= 15 is 0 Å². The van der Waals surface area contributed by atoms with Crippen LogP contribution in [0.2, 0.25) is 0 Å². The van der Waals surface area contributed by atoms with E-state index in [9.17, 15) is 4.79 Å². The van der Waals surface area contributed by atoms with Gasteiger partial charge in [0.1, 0.15) is 0 Å². The van der Waals surface area contributed by atoms with Gasteiger partial charge in [-0.3, -0.25) is 14.4 Å². The van der Waals surface area contributed by atoms with Crippen LogP contribution in [0, 0.1) is 5.92 Å². The van der Waals surface area contributed by atoms with Crippen LogP contribution in [-0.4, -0.2) is 58.2 Å². The van der Waals surface area contributed by atoms with Crippen molar-refractivity contribution in [2.75, 3.05) is 32.7 Å². The van der Waals surface area contributed by atoms with Gasteiger partial charge in [-0.15, -0.1) is 0 Å². The third-order valence-electron chi connectivity index (χ3n) is 4.25. The molecule has 0 unspecified atom stereocenters. The second-order valence-corrected chi connectivity index (χ2v) is 6.29. The molecule has 0 aliphatic carbocycles. The normalized spacial score (nSPS) is 19.9. The predicted molar refractivity (Wildman–Crippen MR) is 80.6 cm³/mol. The maximum atomic E-state index is 12.1. The molecular formula is C15H25N5O. The van der Waals surface area contributed by atoms with Crippen LogP contribution in [-0.2, 0) is 24.4 Å². The van der Waals surface area contributed by atoms with Crippen molar-refractivity contribution in [3.05, 3.63) is 17.5 Å². The van der Waals surface area contributed by atoms with Gasteiger partial charge in [0.05, 0.1) is 24.5 Å². The highest BCUT2D eigenvalue weighted by Crippen LogP contribution is 2.17. The monoisotopic (exact) mass is 291 g/mol. The van der Waals surface area contributed by atoms with Gasteiger partial charge in [-0.1, -0.05) is 13.8 Å². The van der Waals surface area contributed by atoms with Gasteiger partial charge in [-0.2, -0.15) is 5.10 Å². The van der Waals surface area contributed by atoms with Gasteiger partial charge in [0.15, 0.2) is 0 Å². The Labute approximate surface area is 126 Å². The molecule has 116 valence electrons. The highest BCUT2D eigenvalue weighted by molar-refractivity contribution is 5.78. The molecule has 6 heteroatoms. The van der Waals surface area contributed by atoms with E-state index in [-0.39, 0.29) is 11.8 Å². The van der Waals surface area contributed by atoms with Crippen molar-refractivity contribution in [1.29, 1.82) is 0 Å². The van der Waals surface area contributed by atoms with E-state index in [0.717, 1.165) is 51.5 Å². The number of nitrogens with zero attached hydrogens (tertiary/aromatic N) is 4.